The molecule has 0 aliphatic carbocycles. The monoisotopic (exact) mass is 169 g/mol. The molecule has 1 unspecified atom stereocenters. The van der Waals surface area contributed by atoms with Crippen LogP contribution in [0.2, 0.25) is 0 Å². The molecule has 0 aromatic heterocycles. The Morgan fingerprint density at radius 2 is 2.08 bits per heavy atom. The quantitative estimate of drug-likeness (QED) is 0.484. The number of hydrogen-bond donors (Lipinski definition) is 1. The fourth-order valence-electron chi connectivity index (χ4n) is 0.630. The van der Waals surface area contributed by atoms with Crippen molar-refractivity contribution in [1.82, 2.24) is 5.32 Å². The molecule has 0 aliphatic rings. The molecule has 0 aliphatic heterocycles. The zero-order valence-electron chi connectivity index (χ0n) is 7.97. The van der Waals surface area contributed by atoms with Gasteiger partial charge >= 0.3 is 5.97 Å². The van der Waals surface area contributed by atoms with Crippen molar-refractivity contribution >= 4 is 5.97 Å². The van der Waals surface area contributed by atoms with Gasteiger partial charge in [0.2, 0.25) is 0 Å². The first-order chi connectivity index (χ1) is 5.40. The van der Waals surface area contributed by atoms with Crippen molar-refractivity contribution in [2.45, 2.75) is 32.4 Å². The highest BCUT2D eigenvalue weighted by Gasteiger charge is 2.21. The molecule has 1 N–H and O–H groups in total. The minimum Gasteiger partial charge on any atom is -0.458 e. The van der Waals surface area contributed by atoms with Crippen LogP contribution < -0.4 is 5.32 Å². The van der Waals surface area contributed by atoms with E-state index < -0.39 is 17.6 Å². The lowest BCUT2D eigenvalue weighted by Crippen LogP contribution is -2.38. The molecule has 0 saturated heterocycles. The van der Waals surface area contributed by atoms with Gasteiger partial charge < -0.3 is 4.74 Å². The largest absolute Gasteiger partial charge is 0.458 e. The van der Waals surface area contributed by atoms with Gasteiger partial charge in [0.15, 0.2) is 6.04 Å². The number of carbonyl (C=O) groups is 1. The van der Waals surface area contributed by atoms with E-state index in [0.717, 1.165) is 0 Å². The van der Waals surface area contributed by atoms with E-state index in [9.17, 15) is 4.79 Å². The lowest BCUT2D eigenvalue weighted by Gasteiger charge is -2.21. The van der Waals surface area contributed by atoms with E-state index in [0.29, 0.717) is 0 Å². The van der Waals surface area contributed by atoms with Gasteiger partial charge in [-0.3, -0.25) is 5.32 Å². The lowest BCUT2D eigenvalue weighted by atomic mass is 10.2. The van der Waals surface area contributed by atoms with Crippen molar-refractivity contribution in [3.8, 4) is 12.3 Å². The SMILES string of the molecule is C#CC(NC)C(=O)OC(C)(C)C. The maximum absolute atomic E-state index is 11.2. The molecule has 0 amide bonds. The molecule has 0 aromatic carbocycles. The van der Waals surface area contributed by atoms with Crippen LogP contribution in [0.1, 0.15) is 20.8 Å². The van der Waals surface area contributed by atoms with E-state index in [1.807, 2.05) is 0 Å². The smallest absolute Gasteiger partial charge is 0.336 e. The Balaban J connectivity index is 4.14. The summed E-state index contributed by atoms with van der Waals surface area (Å²) in [5.41, 5.74) is -0.483. The summed E-state index contributed by atoms with van der Waals surface area (Å²) in [6.07, 6.45) is 5.09. The summed E-state index contributed by atoms with van der Waals surface area (Å²) >= 11 is 0. The standard InChI is InChI=1S/C9H15NO2/c1-6-7(10-5)8(11)12-9(2,3)4/h1,7,10H,2-5H3. The Morgan fingerprint density at radius 1 is 1.58 bits per heavy atom. The number of carbonyl (C=O) groups excluding carboxylic acids is 1. The molecule has 3 nitrogen and oxygen atoms in total. The van der Waals surface area contributed by atoms with E-state index in [1.54, 1.807) is 27.8 Å². The van der Waals surface area contributed by atoms with Crippen LogP contribution in [0.25, 0.3) is 0 Å². The predicted octanol–water partition coefficient (Wildman–Crippen LogP) is 0.549. The van der Waals surface area contributed by atoms with Crippen LogP contribution in [0, 0.1) is 12.3 Å². The number of rotatable bonds is 2. The summed E-state index contributed by atoms with van der Waals surface area (Å²) < 4.78 is 5.04. The lowest BCUT2D eigenvalue weighted by molar-refractivity contribution is -0.155. The molecular weight excluding hydrogens is 154 g/mol. The summed E-state index contributed by atoms with van der Waals surface area (Å²) in [5, 5.41) is 2.66. The molecular formula is C9H15NO2. The maximum atomic E-state index is 11.2. The van der Waals surface area contributed by atoms with Gasteiger partial charge in [-0.1, -0.05) is 5.92 Å². The van der Waals surface area contributed by atoms with Crippen LogP contribution >= 0.6 is 0 Å². The second-order valence-electron chi connectivity index (χ2n) is 3.42. The van der Waals surface area contributed by atoms with Crippen LogP contribution in [0.3, 0.4) is 0 Å². The highest BCUT2D eigenvalue weighted by Crippen LogP contribution is 2.07. The summed E-state index contributed by atoms with van der Waals surface area (Å²) in [4.78, 5) is 11.2. The molecule has 0 saturated carbocycles. The minimum absolute atomic E-state index is 0.410. The molecule has 0 rings (SSSR count). The van der Waals surface area contributed by atoms with E-state index in [2.05, 4.69) is 11.2 Å². The number of terminal acetylenes is 1. The van der Waals surface area contributed by atoms with Gasteiger partial charge in [-0.2, -0.15) is 0 Å². The maximum Gasteiger partial charge on any atom is 0.336 e. The van der Waals surface area contributed by atoms with Gasteiger partial charge in [-0.05, 0) is 27.8 Å². The Hall–Kier alpha value is -1.01. The third kappa shape index (κ3) is 3.99. The molecule has 0 fully saturated rings. The molecule has 3 heteroatoms. The van der Waals surface area contributed by atoms with Crippen molar-refractivity contribution in [3.05, 3.63) is 0 Å². The summed E-state index contributed by atoms with van der Waals surface area (Å²) in [5.74, 6) is 1.88. The number of esters is 1. The van der Waals surface area contributed by atoms with Gasteiger partial charge in [-0.25, -0.2) is 4.79 Å². The number of hydrogen-bond acceptors (Lipinski definition) is 3. The molecule has 68 valence electrons. The van der Waals surface area contributed by atoms with Gasteiger partial charge in [0, 0.05) is 0 Å². The first-order valence-corrected chi connectivity index (χ1v) is 3.77. The first-order valence-electron chi connectivity index (χ1n) is 3.77. The van der Waals surface area contributed by atoms with Crippen molar-refractivity contribution in [2.75, 3.05) is 7.05 Å². The molecule has 0 bridgehead atoms. The van der Waals surface area contributed by atoms with Crippen LogP contribution in [0.4, 0.5) is 0 Å². The number of nitrogens with one attached hydrogen (secondary N) is 1. The fraction of sp³-hybridized carbons (Fsp3) is 0.667. The van der Waals surface area contributed by atoms with Gasteiger partial charge in [-0.15, -0.1) is 6.42 Å². The van der Waals surface area contributed by atoms with Crippen molar-refractivity contribution in [2.24, 2.45) is 0 Å². The third-order valence-corrected chi connectivity index (χ3v) is 1.10. The Kier molecular flexibility index (Phi) is 3.78. The molecule has 0 radical (unpaired) electrons. The van der Waals surface area contributed by atoms with Crippen molar-refractivity contribution in [3.63, 3.8) is 0 Å². The van der Waals surface area contributed by atoms with Gasteiger partial charge in [0.1, 0.15) is 5.60 Å². The molecule has 0 heterocycles. The zero-order valence-corrected chi connectivity index (χ0v) is 7.97. The Labute approximate surface area is 73.5 Å². The highest BCUT2D eigenvalue weighted by atomic mass is 16.6. The van der Waals surface area contributed by atoms with Crippen molar-refractivity contribution in [1.29, 1.82) is 0 Å². The topological polar surface area (TPSA) is 38.3 Å². The Morgan fingerprint density at radius 3 is 2.33 bits per heavy atom. The number of likely N-dealkylation sites (N-methyl/N-ethyl adjacent to an activating group) is 1. The fourth-order valence-corrected chi connectivity index (χ4v) is 0.630. The average Bonchev–Trinajstić information content (AvgIpc) is 1.85. The van der Waals surface area contributed by atoms with Crippen LogP contribution in [0.5, 0.6) is 0 Å². The molecule has 0 aromatic rings. The van der Waals surface area contributed by atoms with Gasteiger partial charge in [0.05, 0.1) is 0 Å². The second-order valence-corrected chi connectivity index (χ2v) is 3.42. The number of ether oxygens (including phenoxy) is 1. The van der Waals surface area contributed by atoms with Crippen LogP contribution in [0.15, 0.2) is 0 Å². The van der Waals surface area contributed by atoms with E-state index >= 15 is 0 Å². The second kappa shape index (κ2) is 4.13. The third-order valence-electron chi connectivity index (χ3n) is 1.10. The van der Waals surface area contributed by atoms with Crippen LogP contribution in [-0.4, -0.2) is 24.7 Å². The van der Waals surface area contributed by atoms with E-state index in [4.69, 9.17) is 11.2 Å². The van der Waals surface area contributed by atoms with Gasteiger partial charge in [0.25, 0.3) is 0 Å². The van der Waals surface area contributed by atoms with Crippen molar-refractivity contribution < 1.29 is 9.53 Å². The minimum atomic E-state index is -0.649. The summed E-state index contributed by atoms with van der Waals surface area (Å²) in [6.45, 7) is 5.40. The van der Waals surface area contributed by atoms with E-state index in [1.165, 1.54) is 0 Å². The highest BCUT2D eigenvalue weighted by molar-refractivity contribution is 5.79. The normalized spacial score (nSPS) is 13.2. The van der Waals surface area contributed by atoms with E-state index in [-0.39, 0.29) is 0 Å². The Bertz CT molecular complexity index is 198. The predicted molar refractivity (Wildman–Crippen MR) is 47.5 cm³/mol. The molecule has 1 atom stereocenters. The summed E-state index contributed by atoms with van der Waals surface area (Å²) in [7, 11) is 1.62. The molecule has 12 heavy (non-hydrogen) atoms. The average molecular weight is 169 g/mol. The zero-order chi connectivity index (χ0) is 9.78. The molecule has 0 spiro atoms. The van der Waals surface area contributed by atoms with Crippen LogP contribution in [-0.2, 0) is 9.53 Å². The first kappa shape index (κ1) is 11.0. The summed E-state index contributed by atoms with van der Waals surface area (Å²) in [6, 6.07) is -0.649.